The molecule has 1 rings (SSSR count). The fourth-order valence-corrected chi connectivity index (χ4v) is 3.85. The van der Waals surface area contributed by atoms with Crippen LogP contribution in [0.25, 0.3) is 0 Å². The minimum atomic E-state index is -3.14. The van der Waals surface area contributed by atoms with Gasteiger partial charge in [-0.25, -0.2) is 13.1 Å². The lowest BCUT2D eigenvalue weighted by Crippen LogP contribution is -2.33. The van der Waals surface area contributed by atoms with Gasteiger partial charge in [0.05, 0.1) is 9.54 Å². The highest BCUT2D eigenvalue weighted by Gasteiger charge is 2.09. The number of rotatable bonds is 9. The predicted octanol–water partition coefficient (Wildman–Crippen LogP) is 1.97. The molecule has 1 aromatic rings. The van der Waals surface area contributed by atoms with E-state index >= 15 is 0 Å². The van der Waals surface area contributed by atoms with Gasteiger partial charge in [-0.1, -0.05) is 6.92 Å². The molecule has 0 aromatic carbocycles. The first-order valence-corrected chi connectivity index (χ1v) is 9.22. The standard InChI is InChI=1S/C11H19BrN2O2S2/c1-2-6-13-8-9-18(15,16)14-7-5-10-3-4-11(12)17-10/h3-4,13-14H,2,5-9H2,1H3. The van der Waals surface area contributed by atoms with Gasteiger partial charge in [-0.3, -0.25) is 0 Å². The summed E-state index contributed by atoms with van der Waals surface area (Å²) in [5.41, 5.74) is 0. The van der Waals surface area contributed by atoms with Gasteiger partial charge in [-0.15, -0.1) is 11.3 Å². The fraction of sp³-hybridized carbons (Fsp3) is 0.636. The normalized spacial score (nSPS) is 11.9. The average Bonchev–Trinajstić information content (AvgIpc) is 2.70. The third-order valence-electron chi connectivity index (χ3n) is 2.30. The molecule has 0 aliphatic rings. The van der Waals surface area contributed by atoms with Crippen molar-refractivity contribution in [3.63, 3.8) is 0 Å². The summed E-state index contributed by atoms with van der Waals surface area (Å²) in [5.74, 6) is 0.140. The Morgan fingerprint density at radius 3 is 2.67 bits per heavy atom. The minimum absolute atomic E-state index is 0.140. The van der Waals surface area contributed by atoms with Crippen LogP contribution in [-0.4, -0.2) is 33.8 Å². The van der Waals surface area contributed by atoms with E-state index in [4.69, 9.17) is 0 Å². The Kier molecular flexibility index (Phi) is 7.40. The van der Waals surface area contributed by atoms with Crippen LogP contribution in [0.15, 0.2) is 15.9 Å². The Bertz CT molecular complexity index is 446. The number of thiophene rings is 1. The van der Waals surface area contributed by atoms with E-state index in [0.29, 0.717) is 13.1 Å². The molecule has 0 amide bonds. The topological polar surface area (TPSA) is 58.2 Å². The quantitative estimate of drug-likeness (QED) is 0.666. The van der Waals surface area contributed by atoms with Gasteiger partial charge in [0.2, 0.25) is 10.0 Å². The van der Waals surface area contributed by atoms with Gasteiger partial charge >= 0.3 is 0 Å². The number of hydrogen-bond donors (Lipinski definition) is 2. The molecule has 7 heteroatoms. The SMILES string of the molecule is CCCNCCS(=O)(=O)NCCc1ccc(Br)s1. The Hall–Kier alpha value is 0.0500. The number of hydrogen-bond acceptors (Lipinski definition) is 4. The summed E-state index contributed by atoms with van der Waals surface area (Å²) in [4.78, 5) is 1.17. The first-order chi connectivity index (χ1) is 8.53. The average molecular weight is 355 g/mol. The predicted molar refractivity (Wildman–Crippen MR) is 80.7 cm³/mol. The Labute approximate surface area is 121 Å². The number of nitrogens with one attached hydrogen (secondary N) is 2. The highest BCUT2D eigenvalue weighted by molar-refractivity contribution is 9.11. The fourth-order valence-electron chi connectivity index (χ4n) is 1.40. The van der Waals surface area contributed by atoms with Crippen molar-refractivity contribution >= 4 is 37.3 Å². The largest absolute Gasteiger partial charge is 0.316 e. The molecule has 0 radical (unpaired) electrons. The zero-order valence-corrected chi connectivity index (χ0v) is 13.6. The first-order valence-electron chi connectivity index (χ1n) is 5.96. The highest BCUT2D eigenvalue weighted by atomic mass is 79.9. The lowest BCUT2D eigenvalue weighted by Gasteiger charge is -2.06. The van der Waals surface area contributed by atoms with Crippen LogP contribution >= 0.6 is 27.3 Å². The lowest BCUT2D eigenvalue weighted by molar-refractivity contribution is 0.576. The van der Waals surface area contributed by atoms with E-state index < -0.39 is 10.0 Å². The van der Waals surface area contributed by atoms with Gasteiger partial charge in [0.25, 0.3) is 0 Å². The second-order valence-corrected chi connectivity index (χ2v) is 8.39. The summed E-state index contributed by atoms with van der Waals surface area (Å²) in [7, 11) is -3.14. The summed E-state index contributed by atoms with van der Waals surface area (Å²) < 4.78 is 27.0. The number of sulfonamides is 1. The molecule has 0 saturated heterocycles. The van der Waals surface area contributed by atoms with E-state index in [-0.39, 0.29) is 5.75 Å². The van der Waals surface area contributed by atoms with Crippen molar-refractivity contribution < 1.29 is 8.42 Å². The monoisotopic (exact) mass is 354 g/mol. The van der Waals surface area contributed by atoms with Crippen LogP contribution in [0.1, 0.15) is 18.2 Å². The van der Waals surface area contributed by atoms with Crippen molar-refractivity contribution in [2.75, 3.05) is 25.4 Å². The molecule has 0 aliphatic carbocycles. The number of halogens is 1. The van der Waals surface area contributed by atoms with Crippen LogP contribution in [0.5, 0.6) is 0 Å². The van der Waals surface area contributed by atoms with Gasteiger partial charge in [0, 0.05) is 18.0 Å². The van der Waals surface area contributed by atoms with Gasteiger partial charge in [-0.2, -0.15) is 0 Å². The molecule has 0 atom stereocenters. The third kappa shape index (κ3) is 6.84. The molecule has 0 aliphatic heterocycles. The van der Waals surface area contributed by atoms with Gasteiger partial charge in [0.15, 0.2) is 0 Å². The van der Waals surface area contributed by atoms with Crippen LogP contribution in [-0.2, 0) is 16.4 Å². The maximum atomic E-state index is 11.6. The maximum Gasteiger partial charge on any atom is 0.212 e. The maximum absolute atomic E-state index is 11.6. The van der Waals surface area contributed by atoms with E-state index in [0.717, 1.165) is 23.2 Å². The molecule has 0 fully saturated rings. The van der Waals surface area contributed by atoms with Gasteiger partial charge < -0.3 is 5.32 Å². The second kappa shape index (κ2) is 8.27. The van der Waals surface area contributed by atoms with Crippen LogP contribution in [0.3, 0.4) is 0 Å². The van der Waals surface area contributed by atoms with E-state index in [1.807, 2.05) is 12.1 Å². The summed E-state index contributed by atoms with van der Waals surface area (Å²) in [5, 5.41) is 3.08. The van der Waals surface area contributed by atoms with Crippen LogP contribution in [0.2, 0.25) is 0 Å². The van der Waals surface area contributed by atoms with E-state index in [9.17, 15) is 8.42 Å². The summed E-state index contributed by atoms with van der Waals surface area (Å²) >= 11 is 5.02. The van der Waals surface area contributed by atoms with Crippen LogP contribution in [0.4, 0.5) is 0 Å². The Morgan fingerprint density at radius 2 is 2.06 bits per heavy atom. The molecule has 0 spiro atoms. The summed E-state index contributed by atoms with van der Waals surface area (Å²) in [6.07, 6.45) is 1.75. The molecular formula is C11H19BrN2O2S2. The molecule has 0 saturated carbocycles. The lowest BCUT2D eigenvalue weighted by atomic mass is 10.3. The van der Waals surface area contributed by atoms with Gasteiger partial charge in [0.1, 0.15) is 0 Å². The molecule has 0 unspecified atom stereocenters. The van der Waals surface area contributed by atoms with Crippen LogP contribution < -0.4 is 10.0 Å². The summed E-state index contributed by atoms with van der Waals surface area (Å²) in [6.45, 7) is 3.88. The molecular weight excluding hydrogens is 336 g/mol. The van der Waals surface area contributed by atoms with E-state index in [1.54, 1.807) is 11.3 Å². The zero-order chi connectivity index (χ0) is 13.4. The van der Waals surface area contributed by atoms with Crippen molar-refractivity contribution in [3.8, 4) is 0 Å². The van der Waals surface area contributed by atoms with Crippen molar-refractivity contribution in [2.45, 2.75) is 19.8 Å². The minimum Gasteiger partial charge on any atom is -0.316 e. The zero-order valence-electron chi connectivity index (χ0n) is 10.4. The Balaban J connectivity index is 2.20. The molecule has 2 N–H and O–H groups in total. The van der Waals surface area contributed by atoms with Crippen molar-refractivity contribution in [1.82, 2.24) is 10.0 Å². The third-order valence-corrected chi connectivity index (χ3v) is 5.37. The van der Waals surface area contributed by atoms with E-state index in [1.165, 1.54) is 4.88 Å². The Morgan fingerprint density at radius 1 is 1.28 bits per heavy atom. The first kappa shape index (κ1) is 16.1. The molecule has 104 valence electrons. The van der Waals surface area contributed by atoms with Crippen LogP contribution in [0, 0.1) is 0 Å². The summed E-state index contributed by atoms with van der Waals surface area (Å²) in [6, 6.07) is 3.98. The molecule has 4 nitrogen and oxygen atoms in total. The van der Waals surface area contributed by atoms with E-state index in [2.05, 4.69) is 32.9 Å². The molecule has 1 heterocycles. The smallest absolute Gasteiger partial charge is 0.212 e. The molecule has 0 bridgehead atoms. The molecule has 18 heavy (non-hydrogen) atoms. The van der Waals surface area contributed by atoms with Gasteiger partial charge in [-0.05, 0) is 47.4 Å². The second-order valence-electron chi connectivity index (χ2n) is 3.92. The van der Waals surface area contributed by atoms with Crippen molar-refractivity contribution in [3.05, 3.63) is 20.8 Å². The molecule has 1 aromatic heterocycles. The van der Waals surface area contributed by atoms with Crippen molar-refractivity contribution in [1.29, 1.82) is 0 Å². The van der Waals surface area contributed by atoms with Crippen molar-refractivity contribution in [2.24, 2.45) is 0 Å². The highest BCUT2D eigenvalue weighted by Crippen LogP contribution is 2.22.